The van der Waals surface area contributed by atoms with Crippen LogP contribution in [0.2, 0.25) is 0 Å². The van der Waals surface area contributed by atoms with Crippen molar-refractivity contribution in [2.24, 2.45) is 0 Å². The molecule has 1 aliphatic heterocycles. The summed E-state index contributed by atoms with van der Waals surface area (Å²) in [6.45, 7) is 3.77. The fourth-order valence-electron chi connectivity index (χ4n) is 3.89. The molecule has 0 spiro atoms. The Hall–Kier alpha value is -3.12. The van der Waals surface area contributed by atoms with E-state index in [1.807, 2.05) is 53.4 Å². The average molecular weight is 405 g/mol. The first-order valence-electron chi connectivity index (χ1n) is 10.6. The number of piperazine rings is 1. The second kappa shape index (κ2) is 9.59. The van der Waals surface area contributed by atoms with Crippen LogP contribution in [0.3, 0.4) is 0 Å². The number of H-pyrrole nitrogens is 1. The van der Waals surface area contributed by atoms with Crippen LogP contribution in [0.1, 0.15) is 22.5 Å². The highest BCUT2D eigenvalue weighted by molar-refractivity contribution is 5.98. The van der Waals surface area contributed by atoms with Gasteiger partial charge in [0, 0.05) is 43.6 Å². The van der Waals surface area contributed by atoms with Gasteiger partial charge in [0.15, 0.2) is 0 Å². The van der Waals surface area contributed by atoms with Crippen molar-refractivity contribution < 1.29 is 9.59 Å². The van der Waals surface area contributed by atoms with E-state index >= 15 is 0 Å². The molecule has 0 unspecified atom stereocenters. The van der Waals surface area contributed by atoms with E-state index in [0.29, 0.717) is 45.0 Å². The quantitative estimate of drug-likeness (QED) is 0.595. The number of aryl methyl sites for hydroxylation is 1. The van der Waals surface area contributed by atoms with Crippen molar-refractivity contribution in [3.05, 3.63) is 71.9 Å². The van der Waals surface area contributed by atoms with Gasteiger partial charge in [0.2, 0.25) is 5.91 Å². The summed E-state index contributed by atoms with van der Waals surface area (Å²) in [6.07, 6.45) is 1.90. The topological polar surface area (TPSA) is 68.4 Å². The van der Waals surface area contributed by atoms with Crippen molar-refractivity contribution in [2.75, 3.05) is 39.3 Å². The summed E-state index contributed by atoms with van der Waals surface area (Å²) < 4.78 is 0. The number of nitrogens with one attached hydrogen (secondary N) is 2. The zero-order valence-corrected chi connectivity index (χ0v) is 17.1. The van der Waals surface area contributed by atoms with Crippen LogP contribution >= 0.6 is 0 Å². The molecule has 0 atom stereocenters. The van der Waals surface area contributed by atoms with Gasteiger partial charge in [-0.2, -0.15) is 0 Å². The molecule has 1 aliphatic rings. The summed E-state index contributed by atoms with van der Waals surface area (Å²) >= 11 is 0. The van der Waals surface area contributed by atoms with E-state index in [9.17, 15) is 9.59 Å². The number of hydrogen-bond donors (Lipinski definition) is 2. The third-order valence-electron chi connectivity index (χ3n) is 5.59. The summed E-state index contributed by atoms with van der Waals surface area (Å²) in [5.41, 5.74) is 2.90. The van der Waals surface area contributed by atoms with Crippen LogP contribution in [0.5, 0.6) is 0 Å². The third-order valence-corrected chi connectivity index (χ3v) is 5.59. The Balaban J connectivity index is 1.18. The number of hydrogen-bond acceptors (Lipinski definition) is 3. The fourth-order valence-corrected chi connectivity index (χ4v) is 3.89. The van der Waals surface area contributed by atoms with Gasteiger partial charge in [0.1, 0.15) is 5.69 Å². The highest BCUT2D eigenvalue weighted by Crippen LogP contribution is 2.16. The number of amides is 2. The van der Waals surface area contributed by atoms with Crippen LogP contribution in [-0.2, 0) is 11.2 Å². The number of benzene rings is 2. The zero-order chi connectivity index (χ0) is 20.8. The SMILES string of the molecule is O=C(CN1CCN(C(=O)c2cc3ccccc3[nH]2)CC1)NCCCc1ccccc1. The van der Waals surface area contributed by atoms with Crippen molar-refractivity contribution in [1.29, 1.82) is 0 Å². The number of aromatic nitrogens is 1. The third kappa shape index (κ3) is 5.07. The molecule has 0 radical (unpaired) electrons. The summed E-state index contributed by atoms with van der Waals surface area (Å²) in [5, 5.41) is 4.05. The van der Waals surface area contributed by atoms with Crippen LogP contribution in [0.25, 0.3) is 10.9 Å². The van der Waals surface area contributed by atoms with Crippen molar-refractivity contribution in [1.82, 2.24) is 20.1 Å². The first kappa shape index (κ1) is 20.2. The molecule has 4 rings (SSSR count). The first-order chi connectivity index (χ1) is 14.7. The number of rotatable bonds is 7. The fraction of sp³-hybridized carbons (Fsp3) is 0.333. The average Bonchev–Trinajstić information content (AvgIpc) is 3.22. The molecule has 0 bridgehead atoms. The summed E-state index contributed by atoms with van der Waals surface area (Å²) in [4.78, 5) is 32.2. The molecule has 3 aromatic rings. The van der Waals surface area contributed by atoms with Crippen molar-refractivity contribution in [2.45, 2.75) is 12.8 Å². The van der Waals surface area contributed by atoms with Gasteiger partial charge in [0.25, 0.3) is 5.91 Å². The minimum atomic E-state index is 0.0243. The van der Waals surface area contributed by atoms with Gasteiger partial charge < -0.3 is 15.2 Å². The van der Waals surface area contributed by atoms with Gasteiger partial charge in [-0.1, -0.05) is 48.5 Å². The number of para-hydroxylation sites is 1. The molecule has 6 heteroatoms. The van der Waals surface area contributed by atoms with Gasteiger partial charge >= 0.3 is 0 Å². The lowest BCUT2D eigenvalue weighted by atomic mass is 10.1. The van der Waals surface area contributed by atoms with E-state index in [0.717, 1.165) is 23.7 Å². The molecule has 2 aromatic carbocycles. The number of carbonyl (C=O) groups is 2. The molecule has 1 fully saturated rings. The van der Waals surface area contributed by atoms with E-state index in [-0.39, 0.29) is 11.8 Å². The molecule has 156 valence electrons. The Morgan fingerprint density at radius 1 is 0.933 bits per heavy atom. The number of carbonyl (C=O) groups excluding carboxylic acids is 2. The van der Waals surface area contributed by atoms with Crippen LogP contribution in [0, 0.1) is 0 Å². The molecular formula is C24H28N4O2. The monoisotopic (exact) mass is 404 g/mol. The van der Waals surface area contributed by atoms with Crippen LogP contribution in [0.4, 0.5) is 0 Å². The molecule has 2 amide bonds. The number of nitrogens with zero attached hydrogens (tertiary/aromatic N) is 2. The normalized spacial score (nSPS) is 14.7. The lowest BCUT2D eigenvalue weighted by molar-refractivity contribution is -0.122. The molecule has 1 saturated heterocycles. The molecule has 2 N–H and O–H groups in total. The smallest absolute Gasteiger partial charge is 0.270 e. The number of fused-ring (bicyclic) bond motifs is 1. The van der Waals surface area contributed by atoms with E-state index in [2.05, 4.69) is 27.3 Å². The first-order valence-corrected chi connectivity index (χ1v) is 10.6. The Labute approximate surface area is 176 Å². The minimum Gasteiger partial charge on any atom is -0.355 e. The predicted molar refractivity (Wildman–Crippen MR) is 118 cm³/mol. The highest BCUT2D eigenvalue weighted by atomic mass is 16.2. The van der Waals surface area contributed by atoms with E-state index in [1.165, 1.54) is 5.56 Å². The molecule has 0 saturated carbocycles. The van der Waals surface area contributed by atoms with Gasteiger partial charge in [0.05, 0.1) is 6.54 Å². The Kier molecular flexibility index (Phi) is 6.44. The Morgan fingerprint density at radius 3 is 2.43 bits per heavy atom. The minimum absolute atomic E-state index is 0.0243. The molecule has 1 aromatic heterocycles. The predicted octanol–water partition coefficient (Wildman–Crippen LogP) is 2.67. The van der Waals surface area contributed by atoms with E-state index in [1.54, 1.807) is 0 Å². The highest BCUT2D eigenvalue weighted by Gasteiger charge is 2.24. The van der Waals surface area contributed by atoms with Crippen LogP contribution in [-0.4, -0.2) is 65.9 Å². The van der Waals surface area contributed by atoms with Crippen LogP contribution < -0.4 is 5.32 Å². The summed E-state index contributed by atoms with van der Waals surface area (Å²) in [5.74, 6) is 0.0784. The maximum atomic E-state index is 12.8. The maximum absolute atomic E-state index is 12.8. The van der Waals surface area contributed by atoms with Gasteiger partial charge in [-0.15, -0.1) is 0 Å². The summed E-state index contributed by atoms with van der Waals surface area (Å²) in [6, 6.07) is 20.1. The largest absolute Gasteiger partial charge is 0.355 e. The lowest BCUT2D eigenvalue weighted by Crippen LogP contribution is -2.51. The second-order valence-corrected chi connectivity index (χ2v) is 7.78. The summed E-state index contributed by atoms with van der Waals surface area (Å²) in [7, 11) is 0. The zero-order valence-electron chi connectivity index (χ0n) is 17.1. The van der Waals surface area contributed by atoms with Crippen LogP contribution in [0.15, 0.2) is 60.7 Å². The van der Waals surface area contributed by atoms with Crippen molar-refractivity contribution >= 4 is 22.7 Å². The molecule has 6 nitrogen and oxygen atoms in total. The molecule has 0 aliphatic carbocycles. The lowest BCUT2D eigenvalue weighted by Gasteiger charge is -2.34. The Morgan fingerprint density at radius 2 is 1.67 bits per heavy atom. The van der Waals surface area contributed by atoms with Crippen molar-refractivity contribution in [3.63, 3.8) is 0 Å². The van der Waals surface area contributed by atoms with Crippen molar-refractivity contribution in [3.8, 4) is 0 Å². The second-order valence-electron chi connectivity index (χ2n) is 7.78. The van der Waals surface area contributed by atoms with Gasteiger partial charge in [-0.25, -0.2) is 0 Å². The van der Waals surface area contributed by atoms with Gasteiger partial charge in [-0.05, 0) is 30.5 Å². The Bertz CT molecular complexity index is 958. The molecule has 2 heterocycles. The number of aromatic amines is 1. The van der Waals surface area contributed by atoms with E-state index < -0.39 is 0 Å². The standard InChI is InChI=1S/C24H28N4O2/c29-23(25-12-6-9-19-7-2-1-3-8-19)18-27-13-15-28(16-14-27)24(30)22-17-20-10-4-5-11-21(20)26-22/h1-5,7-8,10-11,17,26H,6,9,12-16,18H2,(H,25,29). The molecule has 30 heavy (non-hydrogen) atoms. The van der Waals surface area contributed by atoms with Gasteiger partial charge in [-0.3, -0.25) is 14.5 Å². The van der Waals surface area contributed by atoms with E-state index in [4.69, 9.17) is 0 Å². The maximum Gasteiger partial charge on any atom is 0.270 e. The molecular weight excluding hydrogens is 376 g/mol.